The first-order chi connectivity index (χ1) is 13.8. The number of anilines is 2. The Labute approximate surface area is 169 Å². The van der Waals surface area contributed by atoms with E-state index in [-0.39, 0.29) is 29.7 Å². The van der Waals surface area contributed by atoms with Gasteiger partial charge in [-0.1, -0.05) is 0 Å². The second-order valence-electron chi connectivity index (χ2n) is 7.59. The molecule has 0 atom stereocenters. The Bertz CT molecular complexity index is 764. The number of carbonyl (C=O) groups is 1. The number of rotatable bonds is 5. The number of nitrogen functional groups attached to an aromatic ring is 1. The number of carbonyl (C=O) groups excluding carboxylic acids is 1. The van der Waals surface area contributed by atoms with Crippen LogP contribution in [0.3, 0.4) is 0 Å². The lowest BCUT2D eigenvalue weighted by molar-refractivity contribution is -0.0415. The van der Waals surface area contributed by atoms with Crippen molar-refractivity contribution in [3.05, 3.63) is 35.5 Å². The van der Waals surface area contributed by atoms with Crippen LogP contribution in [-0.2, 0) is 9.57 Å². The Kier molecular flexibility index (Phi) is 6.79. The van der Waals surface area contributed by atoms with Crippen LogP contribution >= 0.6 is 0 Å². The van der Waals surface area contributed by atoms with Crippen LogP contribution in [0.5, 0.6) is 0 Å². The second kappa shape index (κ2) is 9.30. The molecule has 3 N–H and O–H groups in total. The molecule has 1 aromatic carbocycles. The van der Waals surface area contributed by atoms with Crippen molar-refractivity contribution in [3.8, 4) is 0 Å². The molecule has 2 aliphatic rings. The summed E-state index contributed by atoms with van der Waals surface area (Å²) in [5, 5.41) is 0. The SMILES string of the molecule is CC(C)OC(=O)N1CCC(ONC2=CCN(c3cc(F)c(N)cc3F)CC2)CC1. The molecule has 0 saturated carbocycles. The smallest absolute Gasteiger partial charge is 0.410 e. The average molecular weight is 410 g/mol. The van der Waals surface area contributed by atoms with Crippen LogP contribution in [0, 0.1) is 11.6 Å². The maximum atomic E-state index is 14.1. The number of hydrogen-bond acceptors (Lipinski definition) is 6. The van der Waals surface area contributed by atoms with E-state index in [4.69, 9.17) is 15.3 Å². The lowest BCUT2D eigenvalue weighted by atomic mass is 10.1. The van der Waals surface area contributed by atoms with Gasteiger partial charge in [0.2, 0.25) is 0 Å². The number of hydrogen-bond donors (Lipinski definition) is 2. The molecule has 2 aliphatic heterocycles. The standard InChI is InChI=1S/C20H28F2N4O3/c1-13(2)28-20(27)26-9-5-15(6-10-26)29-24-14-3-7-25(8-4-14)19-12-16(21)18(23)11-17(19)22/h3,11-13,15,24H,4-10,23H2,1-2H3. The molecule has 0 aliphatic carbocycles. The number of nitrogens with zero attached hydrogens (tertiary/aromatic N) is 2. The fourth-order valence-corrected chi connectivity index (χ4v) is 3.37. The highest BCUT2D eigenvalue weighted by Crippen LogP contribution is 2.26. The number of halogens is 2. The van der Waals surface area contributed by atoms with Crippen LogP contribution in [0.2, 0.25) is 0 Å². The summed E-state index contributed by atoms with van der Waals surface area (Å²) in [5.41, 5.74) is 9.29. The van der Waals surface area contributed by atoms with Crippen molar-refractivity contribution >= 4 is 17.5 Å². The predicted molar refractivity (Wildman–Crippen MR) is 106 cm³/mol. The number of likely N-dealkylation sites (tertiary alicyclic amines) is 1. The molecule has 3 rings (SSSR count). The van der Waals surface area contributed by atoms with Crippen LogP contribution in [0.15, 0.2) is 23.9 Å². The van der Waals surface area contributed by atoms with E-state index in [0.29, 0.717) is 32.6 Å². The van der Waals surface area contributed by atoms with Crippen LogP contribution in [0.4, 0.5) is 25.0 Å². The van der Waals surface area contributed by atoms with Gasteiger partial charge in [0, 0.05) is 50.4 Å². The van der Waals surface area contributed by atoms with Crippen molar-refractivity contribution in [1.29, 1.82) is 0 Å². The highest BCUT2D eigenvalue weighted by Gasteiger charge is 2.25. The van der Waals surface area contributed by atoms with E-state index in [1.54, 1.807) is 9.80 Å². The van der Waals surface area contributed by atoms with Gasteiger partial charge in [-0.05, 0) is 32.8 Å². The summed E-state index contributed by atoms with van der Waals surface area (Å²) in [7, 11) is 0. The lowest BCUT2D eigenvalue weighted by Gasteiger charge is -2.33. The zero-order chi connectivity index (χ0) is 21.0. The van der Waals surface area contributed by atoms with Gasteiger partial charge in [0.25, 0.3) is 0 Å². The molecule has 0 bridgehead atoms. The summed E-state index contributed by atoms with van der Waals surface area (Å²) in [5.74, 6) is -1.16. The van der Waals surface area contributed by atoms with Gasteiger partial charge in [0.1, 0.15) is 11.6 Å². The quantitative estimate of drug-likeness (QED) is 0.573. The van der Waals surface area contributed by atoms with Gasteiger partial charge in [-0.25, -0.2) is 13.6 Å². The minimum Gasteiger partial charge on any atom is -0.447 e. The molecule has 0 radical (unpaired) electrons. The number of benzene rings is 1. The predicted octanol–water partition coefficient (Wildman–Crippen LogP) is 3.17. The fourth-order valence-electron chi connectivity index (χ4n) is 3.37. The molecule has 9 heteroatoms. The Morgan fingerprint density at radius 2 is 1.93 bits per heavy atom. The van der Waals surface area contributed by atoms with E-state index < -0.39 is 11.6 Å². The third-order valence-corrected chi connectivity index (χ3v) is 5.01. The third kappa shape index (κ3) is 5.50. The lowest BCUT2D eigenvalue weighted by Crippen LogP contribution is -2.43. The molecule has 160 valence electrons. The topological polar surface area (TPSA) is 80.1 Å². The van der Waals surface area contributed by atoms with Crippen molar-refractivity contribution in [2.24, 2.45) is 0 Å². The van der Waals surface area contributed by atoms with Crippen molar-refractivity contribution in [2.75, 3.05) is 36.8 Å². The van der Waals surface area contributed by atoms with Gasteiger partial charge in [-0.2, -0.15) is 0 Å². The van der Waals surface area contributed by atoms with Gasteiger partial charge < -0.3 is 20.3 Å². The number of piperidine rings is 1. The Hall–Kier alpha value is -2.55. The van der Waals surface area contributed by atoms with E-state index in [1.807, 2.05) is 19.9 Å². The number of ether oxygens (including phenoxy) is 1. The largest absolute Gasteiger partial charge is 0.447 e. The summed E-state index contributed by atoms with van der Waals surface area (Å²) in [4.78, 5) is 21.1. The molecule has 7 nitrogen and oxygen atoms in total. The van der Waals surface area contributed by atoms with Gasteiger partial charge in [-0.15, -0.1) is 0 Å². The molecule has 1 saturated heterocycles. The number of nitrogens with one attached hydrogen (secondary N) is 1. The minimum atomic E-state index is -0.624. The Balaban J connectivity index is 1.44. The first-order valence-electron chi connectivity index (χ1n) is 9.89. The van der Waals surface area contributed by atoms with E-state index in [1.165, 1.54) is 0 Å². The fraction of sp³-hybridized carbons (Fsp3) is 0.550. The molecular weight excluding hydrogens is 382 g/mol. The molecular formula is C20H28F2N4O3. The maximum Gasteiger partial charge on any atom is 0.410 e. The summed E-state index contributed by atoms with van der Waals surface area (Å²) in [6, 6.07) is 2.14. The summed E-state index contributed by atoms with van der Waals surface area (Å²) in [6.07, 6.45) is 3.53. The number of hydroxylamine groups is 1. The van der Waals surface area contributed by atoms with Crippen LogP contribution < -0.4 is 16.1 Å². The normalized spacial score (nSPS) is 18.0. The molecule has 1 fully saturated rings. The van der Waals surface area contributed by atoms with Gasteiger partial charge in [-0.3, -0.25) is 10.3 Å². The van der Waals surface area contributed by atoms with Gasteiger partial charge in [0.05, 0.1) is 23.6 Å². The Morgan fingerprint density at radius 1 is 1.21 bits per heavy atom. The highest BCUT2D eigenvalue weighted by atomic mass is 19.1. The zero-order valence-corrected chi connectivity index (χ0v) is 16.8. The summed E-state index contributed by atoms with van der Waals surface area (Å²) in [6.45, 7) is 5.80. The van der Waals surface area contributed by atoms with Crippen molar-refractivity contribution in [1.82, 2.24) is 10.4 Å². The van der Waals surface area contributed by atoms with Crippen molar-refractivity contribution < 1.29 is 23.1 Å². The van der Waals surface area contributed by atoms with E-state index in [0.717, 1.165) is 30.7 Å². The van der Waals surface area contributed by atoms with Crippen molar-refractivity contribution in [3.63, 3.8) is 0 Å². The molecule has 29 heavy (non-hydrogen) atoms. The van der Waals surface area contributed by atoms with E-state index in [9.17, 15) is 13.6 Å². The highest BCUT2D eigenvalue weighted by molar-refractivity contribution is 5.67. The van der Waals surface area contributed by atoms with Crippen LogP contribution in [0.25, 0.3) is 0 Å². The first kappa shape index (κ1) is 21.2. The number of amides is 1. The zero-order valence-electron chi connectivity index (χ0n) is 16.8. The van der Waals surface area contributed by atoms with Crippen LogP contribution in [-0.4, -0.2) is 49.4 Å². The minimum absolute atomic E-state index is 0.000619. The Morgan fingerprint density at radius 3 is 2.55 bits per heavy atom. The average Bonchev–Trinajstić information content (AvgIpc) is 2.69. The van der Waals surface area contributed by atoms with Crippen molar-refractivity contribution in [2.45, 2.75) is 45.3 Å². The molecule has 1 amide bonds. The molecule has 0 unspecified atom stereocenters. The molecule has 0 aromatic heterocycles. The van der Waals surface area contributed by atoms with Gasteiger partial charge in [0.15, 0.2) is 0 Å². The monoisotopic (exact) mass is 410 g/mol. The first-order valence-corrected chi connectivity index (χ1v) is 9.89. The summed E-state index contributed by atoms with van der Waals surface area (Å²) >= 11 is 0. The molecule has 0 spiro atoms. The number of nitrogens with two attached hydrogens (primary N) is 1. The van der Waals surface area contributed by atoms with E-state index >= 15 is 0 Å². The second-order valence-corrected chi connectivity index (χ2v) is 7.59. The van der Waals surface area contributed by atoms with E-state index in [2.05, 4.69) is 5.48 Å². The van der Waals surface area contributed by atoms with Gasteiger partial charge >= 0.3 is 6.09 Å². The maximum absolute atomic E-state index is 14.1. The molecule has 2 heterocycles. The summed E-state index contributed by atoms with van der Waals surface area (Å²) < 4.78 is 32.9. The molecule has 1 aromatic rings. The van der Waals surface area contributed by atoms with Crippen LogP contribution in [0.1, 0.15) is 33.1 Å². The third-order valence-electron chi connectivity index (χ3n) is 5.01.